The molecule has 6 nitrogen and oxygen atoms in total. The van der Waals surface area contributed by atoms with Gasteiger partial charge in [0.2, 0.25) is 10.0 Å². The predicted octanol–water partition coefficient (Wildman–Crippen LogP) is 3.29. The third-order valence-electron chi connectivity index (χ3n) is 5.78. The fourth-order valence-corrected chi connectivity index (χ4v) is 5.63. The van der Waals surface area contributed by atoms with E-state index in [2.05, 4.69) is 16.9 Å². The van der Waals surface area contributed by atoms with Crippen LogP contribution in [0.2, 0.25) is 0 Å². The summed E-state index contributed by atoms with van der Waals surface area (Å²) in [7, 11) is -6.76. The molecule has 0 radical (unpaired) electrons. The van der Waals surface area contributed by atoms with Crippen LogP contribution in [0.25, 0.3) is 0 Å². The number of nitrogens with one attached hydrogen (secondary N) is 1. The molecule has 0 saturated heterocycles. The molecule has 0 aromatic heterocycles. The maximum absolute atomic E-state index is 12.8. The summed E-state index contributed by atoms with van der Waals surface area (Å²) in [6, 6.07) is 16.2. The van der Waals surface area contributed by atoms with Gasteiger partial charge in [0, 0.05) is 17.7 Å². The standard InChI is InChI=1S/C22H29NO5S2/c1-2-29(24,25)17-16-28-20-10-12-21(13-11-20)30(26,27)23-18-22(14-6-7-15-22)19-8-4-3-5-9-19/h3-5,8-13,23H,2,6-7,14-18H2,1H3. The summed E-state index contributed by atoms with van der Waals surface area (Å²) >= 11 is 0. The normalized spacial score (nSPS) is 16.4. The molecule has 0 unspecified atom stereocenters. The first-order valence-electron chi connectivity index (χ1n) is 10.2. The van der Waals surface area contributed by atoms with Crippen molar-refractivity contribution in [3.63, 3.8) is 0 Å². The lowest BCUT2D eigenvalue weighted by Gasteiger charge is -2.30. The largest absolute Gasteiger partial charge is 0.493 e. The molecule has 30 heavy (non-hydrogen) atoms. The second kappa shape index (κ2) is 9.49. The van der Waals surface area contributed by atoms with Crippen molar-refractivity contribution in [2.75, 3.05) is 24.7 Å². The van der Waals surface area contributed by atoms with Crippen LogP contribution in [0.1, 0.15) is 38.2 Å². The van der Waals surface area contributed by atoms with Crippen molar-refractivity contribution in [1.29, 1.82) is 0 Å². The van der Waals surface area contributed by atoms with E-state index in [4.69, 9.17) is 4.74 Å². The maximum atomic E-state index is 12.8. The molecule has 0 atom stereocenters. The monoisotopic (exact) mass is 451 g/mol. The molecule has 164 valence electrons. The quantitative estimate of drug-likeness (QED) is 0.599. The van der Waals surface area contributed by atoms with Crippen molar-refractivity contribution in [3.05, 3.63) is 60.2 Å². The molecule has 1 aliphatic carbocycles. The van der Waals surface area contributed by atoms with E-state index in [-0.39, 0.29) is 28.4 Å². The van der Waals surface area contributed by atoms with Gasteiger partial charge in [-0.25, -0.2) is 21.6 Å². The van der Waals surface area contributed by atoms with Gasteiger partial charge in [0.15, 0.2) is 9.84 Å². The molecule has 1 N–H and O–H groups in total. The van der Waals surface area contributed by atoms with Crippen molar-refractivity contribution < 1.29 is 21.6 Å². The summed E-state index contributed by atoms with van der Waals surface area (Å²) < 4.78 is 56.9. The fraction of sp³-hybridized carbons (Fsp3) is 0.455. The van der Waals surface area contributed by atoms with Crippen LogP contribution in [-0.4, -0.2) is 41.5 Å². The van der Waals surface area contributed by atoms with Crippen LogP contribution in [0.3, 0.4) is 0 Å². The van der Waals surface area contributed by atoms with E-state index < -0.39 is 19.9 Å². The highest BCUT2D eigenvalue weighted by atomic mass is 32.2. The summed E-state index contributed by atoms with van der Waals surface area (Å²) in [5, 5.41) is 0. The number of hydrogen-bond donors (Lipinski definition) is 1. The van der Waals surface area contributed by atoms with Crippen molar-refractivity contribution in [3.8, 4) is 5.75 Å². The van der Waals surface area contributed by atoms with Gasteiger partial charge in [0.05, 0.1) is 10.6 Å². The number of sulfone groups is 1. The van der Waals surface area contributed by atoms with Gasteiger partial charge in [0.1, 0.15) is 12.4 Å². The molecule has 0 bridgehead atoms. The Morgan fingerprint density at radius 2 is 1.57 bits per heavy atom. The minimum Gasteiger partial charge on any atom is -0.493 e. The van der Waals surface area contributed by atoms with Crippen LogP contribution >= 0.6 is 0 Å². The Morgan fingerprint density at radius 1 is 0.933 bits per heavy atom. The van der Waals surface area contributed by atoms with Crippen molar-refractivity contribution in [2.24, 2.45) is 0 Å². The SMILES string of the molecule is CCS(=O)(=O)CCOc1ccc(S(=O)(=O)NCC2(c3ccccc3)CCCC2)cc1. The number of benzene rings is 2. The van der Waals surface area contributed by atoms with Gasteiger partial charge in [0.25, 0.3) is 0 Å². The molecule has 1 saturated carbocycles. The Hall–Kier alpha value is -1.90. The molecule has 0 aliphatic heterocycles. The number of sulfonamides is 1. The first-order chi connectivity index (χ1) is 14.3. The van der Waals surface area contributed by atoms with Gasteiger partial charge in [-0.15, -0.1) is 0 Å². The Kier molecular flexibility index (Phi) is 7.21. The summed E-state index contributed by atoms with van der Waals surface area (Å²) in [4.78, 5) is 0.164. The number of rotatable bonds is 10. The van der Waals surface area contributed by atoms with Crippen molar-refractivity contribution in [2.45, 2.75) is 42.9 Å². The van der Waals surface area contributed by atoms with E-state index in [1.54, 1.807) is 19.1 Å². The van der Waals surface area contributed by atoms with Crippen LogP contribution < -0.4 is 9.46 Å². The molecular formula is C22H29NO5S2. The third-order valence-corrected chi connectivity index (χ3v) is 8.87. The minimum absolute atomic E-state index is 0.0418. The minimum atomic E-state index is -3.66. The van der Waals surface area contributed by atoms with Crippen LogP contribution in [0.4, 0.5) is 0 Å². The zero-order valence-electron chi connectivity index (χ0n) is 17.2. The highest BCUT2D eigenvalue weighted by molar-refractivity contribution is 7.91. The molecule has 1 aliphatic rings. The fourth-order valence-electron chi connectivity index (χ4n) is 3.87. The average molecular weight is 452 g/mol. The van der Waals surface area contributed by atoms with Gasteiger partial charge < -0.3 is 4.74 Å². The second-order valence-electron chi connectivity index (χ2n) is 7.73. The van der Waals surface area contributed by atoms with Crippen LogP contribution in [-0.2, 0) is 25.3 Å². The highest BCUT2D eigenvalue weighted by Gasteiger charge is 2.36. The van der Waals surface area contributed by atoms with Gasteiger partial charge in [-0.2, -0.15) is 0 Å². The Morgan fingerprint density at radius 3 is 2.17 bits per heavy atom. The molecule has 3 rings (SSSR count). The molecule has 8 heteroatoms. The maximum Gasteiger partial charge on any atom is 0.240 e. The Bertz CT molecular complexity index is 1030. The molecular weight excluding hydrogens is 422 g/mol. The first kappa shape index (κ1) is 22.8. The Balaban J connectivity index is 1.64. The topological polar surface area (TPSA) is 89.5 Å². The van der Waals surface area contributed by atoms with Gasteiger partial charge in [-0.3, -0.25) is 0 Å². The van der Waals surface area contributed by atoms with Gasteiger partial charge >= 0.3 is 0 Å². The summed E-state index contributed by atoms with van der Waals surface area (Å²) in [5.74, 6) is 0.452. The molecule has 0 amide bonds. The molecule has 2 aromatic carbocycles. The van der Waals surface area contributed by atoms with Crippen LogP contribution in [0.15, 0.2) is 59.5 Å². The van der Waals surface area contributed by atoms with E-state index in [1.165, 1.54) is 17.7 Å². The lowest BCUT2D eigenvalue weighted by atomic mass is 9.79. The van der Waals surface area contributed by atoms with Crippen LogP contribution in [0, 0.1) is 0 Å². The summed E-state index contributed by atoms with van der Waals surface area (Å²) in [6.07, 6.45) is 4.12. The average Bonchev–Trinajstić information content (AvgIpc) is 3.24. The van der Waals surface area contributed by atoms with E-state index in [0.717, 1.165) is 25.7 Å². The molecule has 0 spiro atoms. The third kappa shape index (κ3) is 5.62. The lowest BCUT2D eigenvalue weighted by molar-refractivity contribution is 0.340. The Labute approximate surface area is 179 Å². The first-order valence-corrected chi connectivity index (χ1v) is 13.6. The van der Waals surface area contributed by atoms with Crippen molar-refractivity contribution in [1.82, 2.24) is 4.72 Å². The van der Waals surface area contributed by atoms with Gasteiger partial charge in [-0.05, 0) is 42.7 Å². The second-order valence-corrected chi connectivity index (χ2v) is 12.0. The number of hydrogen-bond acceptors (Lipinski definition) is 5. The lowest BCUT2D eigenvalue weighted by Crippen LogP contribution is -2.39. The predicted molar refractivity (Wildman–Crippen MR) is 118 cm³/mol. The van der Waals surface area contributed by atoms with E-state index in [9.17, 15) is 16.8 Å². The molecule has 2 aromatic rings. The van der Waals surface area contributed by atoms with E-state index >= 15 is 0 Å². The zero-order chi connectivity index (χ0) is 21.7. The highest BCUT2D eigenvalue weighted by Crippen LogP contribution is 2.40. The van der Waals surface area contributed by atoms with Crippen LogP contribution in [0.5, 0.6) is 5.75 Å². The smallest absolute Gasteiger partial charge is 0.240 e. The molecule has 0 heterocycles. The number of ether oxygens (including phenoxy) is 1. The van der Waals surface area contributed by atoms with Gasteiger partial charge in [-0.1, -0.05) is 50.1 Å². The summed E-state index contributed by atoms with van der Waals surface area (Å²) in [5.41, 5.74) is 1.01. The van der Waals surface area contributed by atoms with E-state index in [1.807, 2.05) is 18.2 Å². The van der Waals surface area contributed by atoms with Crippen molar-refractivity contribution >= 4 is 19.9 Å². The molecule has 1 fully saturated rings. The zero-order valence-corrected chi connectivity index (χ0v) is 18.8. The summed E-state index contributed by atoms with van der Waals surface area (Å²) in [6.45, 7) is 2.00. The van der Waals surface area contributed by atoms with E-state index in [0.29, 0.717) is 12.3 Å².